The first-order valence-corrected chi connectivity index (χ1v) is 24.8. The van der Waals surface area contributed by atoms with E-state index in [-0.39, 0.29) is 16.2 Å². The van der Waals surface area contributed by atoms with E-state index >= 15 is 0 Å². The van der Waals surface area contributed by atoms with E-state index in [1.54, 1.807) is 0 Å². The molecule has 2 aliphatic carbocycles. The molecule has 2 aliphatic rings. The number of nitrogens with zero attached hydrogens (tertiary/aromatic N) is 2. The summed E-state index contributed by atoms with van der Waals surface area (Å²) in [6.07, 6.45) is 5.37. The highest BCUT2D eigenvalue weighted by Crippen LogP contribution is 2.57. The lowest BCUT2D eigenvalue weighted by atomic mass is 9.58. The summed E-state index contributed by atoms with van der Waals surface area (Å²) in [6.45, 7) is 20.7. The summed E-state index contributed by atoms with van der Waals surface area (Å²) in [7, 11) is 0. The minimum absolute atomic E-state index is 0.00338. The molecule has 0 heterocycles. The van der Waals surface area contributed by atoms with Crippen molar-refractivity contribution in [3.63, 3.8) is 0 Å². The highest BCUT2D eigenvalue weighted by atomic mass is 15.1. The molecule has 0 N–H and O–H groups in total. The van der Waals surface area contributed by atoms with E-state index in [0.29, 0.717) is 0 Å². The Morgan fingerprint density at radius 3 is 1.25 bits per heavy atom. The predicted octanol–water partition coefficient (Wildman–Crippen LogP) is 17.9. The maximum atomic E-state index is 2.61. The van der Waals surface area contributed by atoms with Gasteiger partial charge in [-0.2, -0.15) is 0 Å². The molecule has 0 saturated heterocycles. The Balaban J connectivity index is 0.975. The molecule has 10 rings (SSSR count). The Hall–Kier alpha value is -6.64. The van der Waals surface area contributed by atoms with Gasteiger partial charge in [0.15, 0.2) is 0 Å². The van der Waals surface area contributed by atoms with Gasteiger partial charge in [-0.25, -0.2) is 0 Å². The van der Waals surface area contributed by atoms with Gasteiger partial charge in [0, 0.05) is 50.4 Å². The number of anilines is 6. The highest BCUT2D eigenvalue weighted by molar-refractivity contribution is 5.84. The van der Waals surface area contributed by atoms with E-state index in [1.165, 1.54) is 106 Å². The standard InChI is InChI=1S/C65H66N2/c1-10-39-64(11-2,49-21-34-56(35-22-49)66(52-26-13-44(4)14-27-52)53-28-15-45(5)16-29-53)51-25-38-58-59-40-48-43-65(12-3,60(48)42-62(59)63(8,9)61(58)41-51)50-23-36-57(37-24-50)67(54-30-17-46(6)18-31-54)55-32-19-47(7)20-33-55/h13-38,40-42H,10-12,39,43H2,1-9H3. The van der Waals surface area contributed by atoms with Crippen LogP contribution in [0.25, 0.3) is 11.1 Å². The average molecular weight is 875 g/mol. The summed E-state index contributed by atoms with van der Waals surface area (Å²) in [5, 5.41) is 0. The third-order valence-corrected chi connectivity index (χ3v) is 15.9. The molecule has 0 bridgehead atoms. The molecule has 0 fully saturated rings. The van der Waals surface area contributed by atoms with Gasteiger partial charge >= 0.3 is 0 Å². The van der Waals surface area contributed by atoms with Crippen molar-refractivity contribution in [1.29, 1.82) is 0 Å². The highest BCUT2D eigenvalue weighted by Gasteiger charge is 2.47. The molecule has 2 atom stereocenters. The normalized spacial score (nSPS) is 16.3. The van der Waals surface area contributed by atoms with E-state index < -0.39 is 0 Å². The van der Waals surface area contributed by atoms with Crippen molar-refractivity contribution in [2.45, 2.75) is 111 Å². The number of hydrogen-bond acceptors (Lipinski definition) is 2. The second-order valence-electron chi connectivity index (χ2n) is 20.3. The van der Waals surface area contributed by atoms with Crippen LogP contribution in [0.5, 0.6) is 0 Å². The van der Waals surface area contributed by atoms with Crippen LogP contribution >= 0.6 is 0 Å². The first kappa shape index (κ1) is 44.2. The summed E-state index contributed by atoms with van der Waals surface area (Å²) in [4.78, 5) is 4.77. The molecule has 336 valence electrons. The van der Waals surface area contributed by atoms with E-state index in [2.05, 4.69) is 248 Å². The van der Waals surface area contributed by atoms with Crippen molar-refractivity contribution >= 4 is 34.1 Å². The number of rotatable bonds is 13. The second kappa shape index (κ2) is 17.2. The van der Waals surface area contributed by atoms with Gasteiger partial charge in [0.1, 0.15) is 0 Å². The molecule has 2 unspecified atom stereocenters. The van der Waals surface area contributed by atoms with Crippen LogP contribution in [0, 0.1) is 27.7 Å². The van der Waals surface area contributed by atoms with Crippen molar-refractivity contribution in [1.82, 2.24) is 0 Å². The first-order valence-electron chi connectivity index (χ1n) is 24.8. The molecule has 8 aromatic carbocycles. The number of aryl methyl sites for hydroxylation is 4. The SMILES string of the molecule is CCCC(CC)(c1ccc(N(c2ccc(C)cc2)c2ccc(C)cc2)cc1)c1ccc2c(c1)C(C)(C)c1cc3c(cc1-2)CC3(CC)c1ccc(N(c2ccc(C)cc2)c2ccc(C)cc2)cc1. The molecule has 0 aliphatic heterocycles. The van der Waals surface area contributed by atoms with Crippen molar-refractivity contribution < 1.29 is 0 Å². The smallest absolute Gasteiger partial charge is 0.0461 e. The summed E-state index contributed by atoms with van der Waals surface area (Å²) in [5.41, 5.74) is 24.8. The third-order valence-electron chi connectivity index (χ3n) is 15.9. The molecule has 0 saturated carbocycles. The maximum Gasteiger partial charge on any atom is 0.0461 e. The topological polar surface area (TPSA) is 6.48 Å². The fourth-order valence-electron chi connectivity index (χ4n) is 11.8. The fraction of sp³-hybridized carbons (Fsp3) is 0.262. The van der Waals surface area contributed by atoms with Crippen LogP contribution in [0.3, 0.4) is 0 Å². The Bertz CT molecular complexity index is 2960. The molecular weight excluding hydrogens is 809 g/mol. The molecular formula is C65H66N2. The van der Waals surface area contributed by atoms with E-state index in [1.807, 2.05) is 0 Å². The van der Waals surface area contributed by atoms with E-state index in [4.69, 9.17) is 0 Å². The molecule has 2 heteroatoms. The lowest BCUT2D eigenvalue weighted by Crippen LogP contribution is -2.40. The van der Waals surface area contributed by atoms with Gasteiger partial charge in [0.05, 0.1) is 0 Å². The van der Waals surface area contributed by atoms with Crippen molar-refractivity contribution in [2.75, 3.05) is 9.80 Å². The van der Waals surface area contributed by atoms with Gasteiger partial charge in [-0.15, -0.1) is 0 Å². The summed E-state index contributed by atoms with van der Waals surface area (Å²) >= 11 is 0. The Morgan fingerprint density at radius 1 is 0.433 bits per heavy atom. The first-order chi connectivity index (χ1) is 32.4. The lowest BCUT2D eigenvalue weighted by Gasteiger charge is -2.45. The van der Waals surface area contributed by atoms with Crippen molar-refractivity contribution in [3.8, 4) is 11.1 Å². The van der Waals surface area contributed by atoms with Crippen LogP contribution in [0.1, 0.15) is 121 Å². The Morgan fingerprint density at radius 2 is 0.836 bits per heavy atom. The molecule has 8 aromatic rings. The van der Waals surface area contributed by atoms with Crippen LogP contribution in [0.4, 0.5) is 34.1 Å². The number of hydrogen-bond donors (Lipinski definition) is 0. The van der Waals surface area contributed by atoms with Crippen LogP contribution in [-0.2, 0) is 22.7 Å². The molecule has 67 heavy (non-hydrogen) atoms. The zero-order chi connectivity index (χ0) is 46.7. The lowest BCUT2D eigenvalue weighted by molar-refractivity contribution is 0.431. The zero-order valence-electron chi connectivity index (χ0n) is 41.2. The monoisotopic (exact) mass is 875 g/mol. The molecule has 0 aromatic heterocycles. The minimum Gasteiger partial charge on any atom is -0.311 e. The summed E-state index contributed by atoms with van der Waals surface area (Å²) < 4.78 is 0. The summed E-state index contributed by atoms with van der Waals surface area (Å²) in [6, 6.07) is 67.3. The third kappa shape index (κ3) is 7.50. The maximum absolute atomic E-state index is 2.61. The molecule has 0 spiro atoms. The van der Waals surface area contributed by atoms with Crippen molar-refractivity contribution in [2.24, 2.45) is 0 Å². The van der Waals surface area contributed by atoms with Gasteiger partial charge in [-0.3, -0.25) is 0 Å². The van der Waals surface area contributed by atoms with Crippen molar-refractivity contribution in [3.05, 3.63) is 237 Å². The summed E-state index contributed by atoms with van der Waals surface area (Å²) in [5.74, 6) is 0. The van der Waals surface area contributed by atoms with Gasteiger partial charge in [0.25, 0.3) is 0 Å². The largest absolute Gasteiger partial charge is 0.311 e. The molecule has 0 radical (unpaired) electrons. The van der Waals surface area contributed by atoms with Gasteiger partial charge in [0.2, 0.25) is 0 Å². The zero-order valence-corrected chi connectivity index (χ0v) is 41.2. The van der Waals surface area contributed by atoms with Gasteiger partial charge < -0.3 is 9.80 Å². The Kier molecular flexibility index (Phi) is 11.4. The van der Waals surface area contributed by atoms with Crippen LogP contribution in [0.2, 0.25) is 0 Å². The fourth-order valence-corrected chi connectivity index (χ4v) is 11.8. The van der Waals surface area contributed by atoms with Crippen LogP contribution in [-0.4, -0.2) is 0 Å². The van der Waals surface area contributed by atoms with E-state index in [9.17, 15) is 0 Å². The second-order valence-corrected chi connectivity index (χ2v) is 20.3. The quantitative estimate of drug-likeness (QED) is 0.114. The average Bonchev–Trinajstić information content (AvgIpc) is 3.56. The van der Waals surface area contributed by atoms with Gasteiger partial charge in [-0.05, 0) is 176 Å². The number of benzene rings is 8. The number of fused-ring (bicyclic) bond motifs is 4. The van der Waals surface area contributed by atoms with Crippen LogP contribution in [0.15, 0.2) is 176 Å². The van der Waals surface area contributed by atoms with E-state index in [0.717, 1.165) is 32.1 Å². The molecule has 0 amide bonds. The minimum atomic E-state index is -0.130. The van der Waals surface area contributed by atoms with Gasteiger partial charge in [-0.1, -0.05) is 166 Å². The predicted molar refractivity (Wildman–Crippen MR) is 286 cm³/mol. The van der Waals surface area contributed by atoms with Crippen LogP contribution < -0.4 is 9.80 Å². The Labute approximate surface area is 401 Å². The molecule has 2 nitrogen and oxygen atoms in total.